The number of aryl methyl sites for hydroxylation is 2. The monoisotopic (exact) mass is 553 g/mol. The Morgan fingerprint density at radius 1 is 0.850 bits per heavy atom. The summed E-state index contributed by atoms with van der Waals surface area (Å²) in [6.07, 6.45) is -0.534. The number of hydrogen-bond donors (Lipinski definition) is 2. The Kier molecular flexibility index (Phi) is 10.9. The SMILES string of the molecule is Cc1cc(C)cc(C(C(=O)NC(Cc2ccccc2)C(=O)OC(C)(C)C)N(C)C(=O)CNC(=O)OC(C)(C)C)c1. The Hall–Kier alpha value is -3.88. The lowest BCUT2D eigenvalue weighted by molar-refractivity contribution is -0.159. The summed E-state index contributed by atoms with van der Waals surface area (Å²) in [5.74, 6) is -1.64. The number of alkyl carbamates (subject to hydrolysis) is 1. The highest BCUT2D eigenvalue weighted by Crippen LogP contribution is 2.24. The van der Waals surface area contributed by atoms with Gasteiger partial charge in [0.2, 0.25) is 11.8 Å². The molecule has 2 N–H and O–H groups in total. The summed E-state index contributed by atoms with van der Waals surface area (Å²) < 4.78 is 10.8. The van der Waals surface area contributed by atoms with Gasteiger partial charge in [-0.1, -0.05) is 59.7 Å². The number of rotatable bonds is 9. The minimum atomic E-state index is -1.08. The third-order valence-corrected chi connectivity index (χ3v) is 5.66. The minimum Gasteiger partial charge on any atom is -0.458 e. The van der Waals surface area contributed by atoms with E-state index in [0.29, 0.717) is 5.56 Å². The average Bonchev–Trinajstić information content (AvgIpc) is 2.80. The Morgan fingerprint density at radius 3 is 1.93 bits per heavy atom. The van der Waals surface area contributed by atoms with Crippen LogP contribution in [0.3, 0.4) is 0 Å². The number of ether oxygens (including phenoxy) is 2. The highest BCUT2D eigenvalue weighted by atomic mass is 16.6. The first kappa shape index (κ1) is 32.3. The normalized spacial score (nSPS) is 13.0. The van der Waals surface area contributed by atoms with E-state index in [-0.39, 0.29) is 13.0 Å². The molecule has 2 atom stereocenters. The van der Waals surface area contributed by atoms with E-state index in [1.165, 1.54) is 11.9 Å². The van der Waals surface area contributed by atoms with E-state index in [2.05, 4.69) is 10.6 Å². The summed E-state index contributed by atoms with van der Waals surface area (Å²) in [6.45, 7) is 13.9. The van der Waals surface area contributed by atoms with Crippen molar-refractivity contribution < 1.29 is 28.7 Å². The molecule has 0 aliphatic heterocycles. The van der Waals surface area contributed by atoms with Gasteiger partial charge in [0.15, 0.2) is 0 Å². The molecule has 218 valence electrons. The molecule has 3 amide bonds. The summed E-state index contributed by atoms with van der Waals surface area (Å²) in [7, 11) is 1.49. The number of nitrogens with one attached hydrogen (secondary N) is 2. The Morgan fingerprint density at radius 2 is 1.40 bits per heavy atom. The lowest BCUT2D eigenvalue weighted by Gasteiger charge is -2.31. The number of carbonyl (C=O) groups is 4. The van der Waals surface area contributed by atoms with Crippen molar-refractivity contribution in [3.8, 4) is 0 Å². The van der Waals surface area contributed by atoms with E-state index in [0.717, 1.165) is 16.7 Å². The van der Waals surface area contributed by atoms with Gasteiger partial charge < -0.3 is 25.0 Å². The van der Waals surface area contributed by atoms with Crippen LogP contribution in [0, 0.1) is 13.8 Å². The molecule has 0 spiro atoms. The quantitative estimate of drug-likeness (QED) is 0.445. The number of amides is 3. The van der Waals surface area contributed by atoms with Crippen LogP contribution in [0.25, 0.3) is 0 Å². The van der Waals surface area contributed by atoms with Crippen molar-refractivity contribution in [3.05, 3.63) is 70.8 Å². The molecule has 0 bridgehead atoms. The van der Waals surface area contributed by atoms with Gasteiger partial charge >= 0.3 is 12.1 Å². The Balaban J connectivity index is 2.37. The molecular formula is C31H43N3O6. The topological polar surface area (TPSA) is 114 Å². The first-order chi connectivity index (χ1) is 18.4. The van der Waals surface area contributed by atoms with Crippen molar-refractivity contribution in [2.24, 2.45) is 0 Å². The van der Waals surface area contributed by atoms with Crippen LogP contribution in [-0.4, -0.2) is 59.6 Å². The number of esters is 1. The van der Waals surface area contributed by atoms with E-state index in [1.54, 1.807) is 41.5 Å². The van der Waals surface area contributed by atoms with E-state index in [4.69, 9.17) is 9.47 Å². The van der Waals surface area contributed by atoms with Gasteiger partial charge in [-0.05, 0) is 66.5 Å². The number of likely N-dealkylation sites (N-methyl/N-ethyl adjacent to an activating group) is 1. The summed E-state index contributed by atoms with van der Waals surface area (Å²) in [5, 5.41) is 5.28. The molecule has 2 rings (SSSR count). The molecule has 2 unspecified atom stereocenters. The van der Waals surface area contributed by atoms with Crippen molar-refractivity contribution in [2.75, 3.05) is 13.6 Å². The largest absolute Gasteiger partial charge is 0.458 e. The number of carbonyl (C=O) groups excluding carboxylic acids is 4. The van der Waals surface area contributed by atoms with Crippen LogP contribution in [0.4, 0.5) is 4.79 Å². The summed E-state index contributed by atoms with van der Waals surface area (Å²) in [5.41, 5.74) is 1.75. The van der Waals surface area contributed by atoms with Crippen molar-refractivity contribution in [3.63, 3.8) is 0 Å². The highest BCUT2D eigenvalue weighted by molar-refractivity contribution is 5.92. The van der Waals surface area contributed by atoms with Gasteiger partial charge in [-0.3, -0.25) is 9.59 Å². The van der Waals surface area contributed by atoms with Gasteiger partial charge in [0.25, 0.3) is 0 Å². The number of hydrogen-bond acceptors (Lipinski definition) is 6. The lowest BCUT2D eigenvalue weighted by atomic mass is 9.98. The molecule has 2 aromatic carbocycles. The van der Waals surface area contributed by atoms with Gasteiger partial charge in [0.05, 0.1) is 0 Å². The second-order valence-electron chi connectivity index (χ2n) is 12.0. The highest BCUT2D eigenvalue weighted by Gasteiger charge is 2.34. The summed E-state index contributed by atoms with van der Waals surface area (Å²) in [4.78, 5) is 53.6. The van der Waals surface area contributed by atoms with Crippen LogP contribution in [0.1, 0.15) is 69.8 Å². The molecule has 0 aliphatic rings. The molecule has 0 heterocycles. The van der Waals surface area contributed by atoms with Crippen molar-refractivity contribution >= 4 is 23.9 Å². The molecule has 0 aromatic heterocycles. The van der Waals surface area contributed by atoms with E-state index < -0.39 is 47.2 Å². The molecule has 40 heavy (non-hydrogen) atoms. The number of benzene rings is 2. The molecule has 0 saturated carbocycles. The standard InChI is InChI=1S/C31H43N3O6/c1-20-15-21(2)17-23(16-20)26(34(9)25(35)19-32-29(38)40-31(6,7)8)27(36)33-24(28(37)39-30(3,4)5)18-22-13-11-10-12-14-22/h10-17,24,26H,18-19H2,1-9H3,(H,32,38)(H,33,36). The van der Waals surface area contributed by atoms with Crippen LogP contribution < -0.4 is 10.6 Å². The second-order valence-corrected chi connectivity index (χ2v) is 12.0. The fraction of sp³-hybridized carbons (Fsp3) is 0.484. The fourth-order valence-electron chi connectivity index (χ4n) is 4.12. The van der Waals surface area contributed by atoms with Gasteiger partial charge in [-0.25, -0.2) is 9.59 Å². The van der Waals surface area contributed by atoms with Crippen LogP contribution in [0.15, 0.2) is 48.5 Å². The maximum atomic E-state index is 13.9. The first-order valence-electron chi connectivity index (χ1n) is 13.3. The van der Waals surface area contributed by atoms with Crippen molar-refractivity contribution in [2.45, 2.75) is 85.1 Å². The smallest absolute Gasteiger partial charge is 0.408 e. The molecule has 9 nitrogen and oxygen atoms in total. The van der Waals surface area contributed by atoms with Crippen LogP contribution in [0.5, 0.6) is 0 Å². The first-order valence-corrected chi connectivity index (χ1v) is 13.3. The van der Waals surface area contributed by atoms with Gasteiger partial charge in [0, 0.05) is 13.5 Å². The molecular weight excluding hydrogens is 510 g/mol. The lowest BCUT2D eigenvalue weighted by Crippen LogP contribution is -2.51. The zero-order valence-electron chi connectivity index (χ0n) is 25.1. The molecule has 0 fully saturated rings. The third kappa shape index (κ3) is 10.7. The van der Waals surface area contributed by atoms with Crippen LogP contribution in [0.2, 0.25) is 0 Å². The maximum Gasteiger partial charge on any atom is 0.408 e. The van der Waals surface area contributed by atoms with Crippen molar-refractivity contribution in [1.82, 2.24) is 15.5 Å². The van der Waals surface area contributed by atoms with Crippen LogP contribution in [-0.2, 0) is 30.3 Å². The zero-order chi connectivity index (χ0) is 30.3. The van der Waals surface area contributed by atoms with Gasteiger partial charge in [0.1, 0.15) is 29.8 Å². The zero-order valence-corrected chi connectivity index (χ0v) is 25.1. The van der Waals surface area contributed by atoms with E-state index >= 15 is 0 Å². The van der Waals surface area contributed by atoms with Gasteiger partial charge in [-0.2, -0.15) is 0 Å². The number of nitrogens with zero attached hydrogens (tertiary/aromatic N) is 1. The van der Waals surface area contributed by atoms with Crippen LogP contribution >= 0.6 is 0 Å². The molecule has 0 radical (unpaired) electrons. The Labute approximate surface area is 237 Å². The van der Waals surface area contributed by atoms with Crippen molar-refractivity contribution in [1.29, 1.82) is 0 Å². The molecule has 0 saturated heterocycles. The average molecular weight is 554 g/mol. The second kappa shape index (κ2) is 13.5. The molecule has 0 aliphatic carbocycles. The molecule has 2 aromatic rings. The maximum absolute atomic E-state index is 13.9. The van der Waals surface area contributed by atoms with Gasteiger partial charge in [-0.15, -0.1) is 0 Å². The molecule has 9 heteroatoms. The van der Waals surface area contributed by atoms with E-state index in [9.17, 15) is 19.2 Å². The fourth-order valence-corrected chi connectivity index (χ4v) is 4.12. The predicted octanol–water partition coefficient (Wildman–Crippen LogP) is 4.40. The van der Waals surface area contributed by atoms with E-state index in [1.807, 2.05) is 62.4 Å². The summed E-state index contributed by atoms with van der Waals surface area (Å²) in [6, 6.07) is 12.8. The Bertz CT molecular complexity index is 1180. The predicted molar refractivity (Wildman–Crippen MR) is 154 cm³/mol. The minimum absolute atomic E-state index is 0.207. The summed E-state index contributed by atoms with van der Waals surface area (Å²) >= 11 is 0. The third-order valence-electron chi connectivity index (χ3n) is 5.66.